The molecule has 1 aromatic carbocycles. The number of ether oxygens (including phenoxy) is 2. The maximum Gasteiger partial charge on any atom is 0.258 e. The maximum atomic E-state index is 11.7. The minimum Gasteiger partial charge on any atom is -0.484 e. The molecule has 2 N–H and O–H groups in total. The Morgan fingerprint density at radius 1 is 1.31 bits per heavy atom. The van der Waals surface area contributed by atoms with E-state index in [-0.39, 0.29) is 18.6 Å². The van der Waals surface area contributed by atoms with Gasteiger partial charge in [0.2, 0.25) is 0 Å². The van der Waals surface area contributed by atoms with Crippen LogP contribution < -0.4 is 15.4 Å². The highest BCUT2D eigenvalue weighted by atomic mass is 16.5. The number of nitrogens with one attached hydrogen (secondary N) is 2. The summed E-state index contributed by atoms with van der Waals surface area (Å²) in [6.45, 7) is 3.03. The number of aliphatic imine (C=N–C) groups is 1. The average molecular weight is 441 g/mol. The van der Waals surface area contributed by atoms with Crippen LogP contribution in [-0.2, 0) is 23.0 Å². The molecule has 1 aliphatic heterocycles. The molecule has 0 bridgehead atoms. The Morgan fingerprint density at radius 2 is 2.12 bits per heavy atom. The first-order valence-corrected chi connectivity index (χ1v) is 11.2. The van der Waals surface area contributed by atoms with Crippen LogP contribution in [0.5, 0.6) is 5.75 Å². The number of benzene rings is 1. The molecule has 9 heteroatoms. The van der Waals surface area contributed by atoms with Crippen molar-refractivity contribution in [2.45, 2.75) is 31.4 Å². The first-order chi connectivity index (χ1) is 15.6. The molecule has 1 saturated heterocycles. The minimum absolute atomic E-state index is 0.00472. The number of carbonyl (C=O) groups is 1. The Kier molecular flexibility index (Phi) is 7.26. The van der Waals surface area contributed by atoms with E-state index in [2.05, 4.69) is 25.6 Å². The summed E-state index contributed by atoms with van der Waals surface area (Å²) in [5, 5.41) is 10.6. The third-order valence-electron chi connectivity index (χ3n) is 5.61. The lowest BCUT2D eigenvalue weighted by atomic mass is 10.1. The Morgan fingerprint density at radius 3 is 2.81 bits per heavy atom. The summed E-state index contributed by atoms with van der Waals surface area (Å²) in [6.07, 6.45) is 6.87. The molecule has 1 aliphatic carbocycles. The number of morpholine rings is 1. The predicted octanol–water partition coefficient (Wildman–Crippen LogP) is 1.27. The molecule has 4 rings (SSSR count). The van der Waals surface area contributed by atoms with Crippen LogP contribution in [0.3, 0.4) is 0 Å². The molecule has 0 spiro atoms. The van der Waals surface area contributed by atoms with E-state index in [4.69, 9.17) is 9.47 Å². The van der Waals surface area contributed by atoms with Crippen LogP contribution in [-0.4, -0.2) is 72.5 Å². The number of aromatic nitrogens is 2. The van der Waals surface area contributed by atoms with Crippen molar-refractivity contribution in [2.24, 2.45) is 12.0 Å². The van der Waals surface area contributed by atoms with Crippen LogP contribution in [0.2, 0.25) is 0 Å². The molecule has 2 fully saturated rings. The molecule has 1 atom stereocenters. The summed E-state index contributed by atoms with van der Waals surface area (Å²) in [4.78, 5) is 18.4. The molecule has 2 aliphatic rings. The van der Waals surface area contributed by atoms with Crippen molar-refractivity contribution in [1.82, 2.24) is 25.3 Å². The van der Waals surface area contributed by atoms with Gasteiger partial charge in [0.25, 0.3) is 5.91 Å². The van der Waals surface area contributed by atoms with Crippen LogP contribution in [0.4, 0.5) is 0 Å². The quantitative estimate of drug-likeness (QED) is 0.474. The second-order valence-electron chi connectivity index (χ2n) is 8.25. The lowest BCUT2D eigenvalue weighted by Crippen LogP contribution is -2.48. The number of carbonyl (C=O) groups excluding carboxylic acids is 1. The highest BCUT2D eigenvalue weighted by Crippen LogP contribution is 2.21. The lowest BCUT2D eigenvalue weighted by molar-refractivity contribution is -0.123. The number of guanidine groups is 1. The van der Waals surface area contributed by atoms with Crippen molar-refractivity contribution in [1.29, 1.82) is 0 Å². The van der Waals surface area contributed by atoms with Gasteiger partial charge in [0.15, 0.2) is 12.6 Å². The zero-order valence-electron chi connectivity index (χ0n) is 18.8. The standard InChI is InChI=1S/C23H32N6O3/c1-24-23(29-11-12-31-21(15-29)18-13-26-28(2)14-18)25-10-9-17-3-7-20(8-4-17)32-16-22(30)27-19-5-6-19/h3-4,7-8,13-14,19,21H,5-6,9-12,15-16H2,1-2H3,(H,24,25)(H,27,30). The van der Waals surface area contributed by atoms with E-state index in [1.54, 1.807) is 4.68 Å². The van der Waals surface area contributed by atoms with Gasteiger partial charge in [-0.3, -0.25) is 14.5 Å². The van der Waals surface area contributed by atoms with Crippen LogP contribution in [0.1, 0.15) is 30.1 Å². The monoisotopic (exact) mass is 440 g/mol. The number of aryl methyl sites for hydroxylation is 1. The third-order valence-corrected chi connectivity index (χ3v) is 5.61. The second kappa shape index (κ2) is 10.5. The van der Waals surface area contributed by atoms with Crippen LogP contribution >= 0.6 is 0 Å². The number of amides is 1. The Balaban J connectivity index is 1.20. The van der Waals surface area contributed by atoms with Gasteiger partial charge in [-0.1, -0.05) is 12.1 Å². The molecule has 172 valence electrons. The smallest absolute Gasteiger partial charge is 0.258 e. The molecule has 1 aromatic heterocycles. The predicted molar refractivity (Wildman–Crippen MR) is 122 cm³/mol. The van der Waals surface area contributed by atoms with E-state index in [1.807, 2.05) is 50.8 Å². The Labute approximate surface area is 188 Å². The maximum absolute atomic E-state index is 11.7. The molecular formula is C23H32N6O3. The molecule has 0 radical (unpaired) electrons. The summed E-state index contributed by atoms with van der Waals surface area (Å²) < 4.78 is 13.3. The van der Waals surface area contributed by atoms with E-state index in [9.17, 15) is 4.79 Å². The van der Waals surface area contributed by atoms with E-state index in [0.717, 1.165) is 50.4 Å². The molecule has 2 heterocycles. The molecular weight excluding hydrogens is 408 g/mol. The van der Waals surface area contributed by atoms with Gasteiger partial charge in [-0.25, -0.2) is 0 Å². The molecule has 9 nitrogen and oxygen atoms in total. The Hall–Kier alpha value is -3.07. The normalized spacial score (nSPS) is 19.0. The summed E-state index contributed by atoms with van der Waals surface area (Å²) in [5.74, 6) is 1.53. The van der Waals surface area contributed by atoms with E-state index < -0.39 is 0 Å². The van der Waals surface area contributed by atoms with Crippen molar-refractivity contribution in [3.05, 3.63) is 47.8 Å². The lowest BCUT2D eigenvalue weighted by Gasteiger charge is -2.34. The summed E-state index contributed by atoms with van der Waals surface area (Å²) >= 11 is 0. The number of nitrogens with zero attached hydrogens (tertiary/aromatic N) is 4. The van der Waals surface area contributed by atoms with Gasteiger partial charge in [0.05, 0.1) is 19.3 Å². The zero-order chi connectivity index (χ0) is 22.3. The van der Waals surface area contributed by atoms with Crippen molar-refractivity contribution in [3.8, 4) is 5.75 Å². The topological polar surface area (TPSA) is 93.0 Å². The number of hydrogen-bond donors (Lipinski definition) is 2. The second-order valence-corrected chi connectivity index (χ2v) is 8.25. The van der Waals surface area contributed by atoms with Gasteiger partial charge >= 0.3 is 0 Å². The largest absolute Gasteiger partial charge is 0.484 e. The van der Waals surface area contributed by atoms with E-state index >= 15 is 0 Å². The Bertz CT molecular complexity index is 922. The summed E-state index contributed by atoms with van der Waals surface area (Å²) in [6, 6.07) is 8.25. The molecule has 1 amide bonds. The van der Waals surface area contributed by atoms with Gasteiger partial charge < -0.3 is 25.0 Å². The van der Waals surface area contributed by atoms with Crippen molar-refractivity contribution in [3.63, 3.8) is 0 Å². The van der Waals surface area contributed by atoms with Crippen molar-refractivity contribution in [2.75, 3.05) is 39.9 Å². The van der Waals surface area contributed by atoms with Gasteiger partial charge in [0.1, 0.15) is 11.9 Å². The van der Waals surface area contributed by atoms with Crippen LogP contribution in [0, 0.1) is 0 Å². The highest BCUT2D eigenvalue weighted by molar-refractivity contribution is 5.80. The fourth-order valence-electron chi connectivity index (χ4n) is 3.70. The van der Waals surface area contributed by atoms with Crippen LogP contribution in [0.25, 0.3) is 0 Å². The number of hydrogen-bond acceptors (Lipinski definition) is 5. The molecule has 2 aromatic rings. The van der Waals surface area contributed by atoms with Crippen LogP contribution in [0.15, 0.2) is 41.7 Å². The molecule has 1 saturated carbocycles. The molecule has 32 heavy (non-hydrogen) atoms. The fourth-order valence-corrected chi connectivity index (χ4v) is 3.70. The SMILES string of the molecule is CN=C(NCCc1ccc(OCC(=O)NC2CC2)cc1)N1CCOC(c2cnn(C)c2)C1. The van der Waals surface area contributed by atoms with Gasteiger partial charge in [0, 0.05) is 45.0 Å². The van der Waals surface area contributed by atoms with E-state index in [0.29, 0.717) is 18.4 Å². The first kappa shape index (κ1) is 22.1. The van der Waals surface area contributed by atoms with Gasteiger partial charge in [-0.15, -0.1) is 0 Å². The molecule has 1 unspecified atom stereocenters. The van der Waals surface area contributed by atoms with Crippen molar-refractivity contribution < 1.29 is 14.3 Å². The van der Waals surface area contributed by atoms with E-state index in [1.165, 1.54) is 5.56 Å². The summed E-state index contributed by atoms with van der Waals surface area (Å²) in [5.41, 5.74) is 2.28. The first-order valence-electron chi connectivity index (χ1n) is 11.2. The average Bonchev–Trinajstić information content (AvgIpc) is 3.52. The van der Waals surface area contributed by atoms with Gasteiger partial charge in [-0.05, 0) is 37.0 Å². The van der Waals surface area contributed by atoms with Gasteiger partial charge in [-0.2, -0.15) is 5.10 Å². The van der Waals surface area contributed by atoms with Crippen molar-refractivity contribution >= 4 is 11.9 Å². The zero-order valence-corrected chi connectivity index (χ0v) is 18.8. The minimum atomic E-state index is -0.0546. The number of rotatable bonds is 8. The summed E-state index contributed by atoms with van der Waals surface area (Å²) in [7, 11) is 3.72. The highest BCUT2D eigenvalue weighted by Gasteiger charge is 2.25. The fraction of sp³-hybridized carbons (Fsp3) is 0.522. The third kappa shape index (κ3) is 6.23.